The first-order chi connectivity index (χ1) is 5.15. The number of rotatable bonds is 1. The zero-order valence-electron chi connectivity index (χ0n) is 6.82. The third kappa shape index (κ3) is 1.50. The molecule has 0 fully saturated rings. The maximum absolute atomic E-state index is 13.0. The van der Waals surface area contributed by atoms with E-state index < -0.39 is 0 Å². The predicted molar refractivity (Wildman–Crippen MR) is 44.9 cm³/mol. The lowest BCUT2D eigenvalue weighted by Gasteiger charge is -2.03. The van der Waals surface area contributed by atoms with Crippen molar-refractivity contribution in [3.8, 4) is 0 Å². The molecule has 0 aliphatic rings. The minimum atomic E-state index is -0.154. The first kappa shape index (κ1) is 8.05. The number of benzene rings is 1. The average Bonchev–Trinajstić information content (AvgIpc) is 1.97. The van der Waals surface area contributed by atoms with E-state index >= 15 is 0 Å². The topological polar surface area (TPSA) is 26.0 Å². The molecule has 1 aromatic rings. The molecule has 0 atom stereocenters. The van der Waals surface area contributed by atoms with Gasteiger partial charge in [0, 0.05) is 5.69 Å². The van der Waals surface area contributed by atoms with E-state index in [1.165, 1.54) is 6.07 Å². The molecule has 0 saturated heterocycles. The van der Waals surface area contributed by atoms with Crippen molar-refractivity contribution in [2.75, 3.05) is 5.73 Å². The molecule has 0 radical (unpaired) electrons. The van der Waals surface area contributed by atoms with E-state index in [-0.39, 0.29) is 5.82 Å². The molecule has 1 aromatic carbocycles. The van der Waals surface area contributed by atoms with Gasteiger partial charge in [-0.15, -0.1) is 0 Å². The lowest BCUT2D eigenvalue weighted by atomic mass is 10.1. The van der Waals surface area contributed by atoms with Gasteiger partial charge in [-0.1, -0.05) is 6.92 Å². The van der Waals surface area contributed by atoms with Gasteiger partial charge in [0.25, 0.3) is 0 Å². The highest BCUT2D eigenvalue weighted by atomic mass is 19.1. The van der Waals surface area contributed by atoms with Gasteiger partial charge in [0.15, 0.2) is 0 Å². The molecule has 60 valence electrons. The number of anilines is 1. The van der Waals surface area contributed by atoms with Crippen LogP contribution < -0.4 is 5.73 Å². The Kier molecular flexibility index (Phi) is 2.13. The summed E-state index contributed by atoms with van der Waals surface area (Å²) in [5, 5.41) is 0. The van der Waals surface area contributed by atoms with Crippen LogP contribution in [0.1, 0.15) is 18.1 Å². The number of nitrogens with two attached hydrogens (primary N) is 1. The zero-order chi connectivity index (χ0) is 8.43. The van der Waals surface area contributed by atoms with Crippen LogP contribution in [-0.4, -0.2) is 0 Å². The molecule has 0 heterocycles. The highest BCUT2D eigenvalue weighted by Gasteiger charge is 2.02. The maximum atomic E-state index is 13.0. The molecular formula is C9H12FN. The van der Waals surface area contributed by atoms with Crippen molar-refractivity contribution in [2.45, 2.75) is 20.3 Å². The van der Waals surface area contributed by atoms with Crippen LogP contribution in [0.5, 0.6) is 0 Å². The molecule has 0 saturated carbocycles. The van der Waals surface area contributed by atoms with E-state index in [1.807, 2.05) is 6.92 Å². The Hall–Kier alpha value is -1.05. The summed E-state index contributed by atoms with van der Waals surface area (Å²) in [5.74, 6) is -0.154. The van der Waals surface area contributed by atoms with Crippen molar-refractivity contribution in [3.63, 3.8) is 0 Å². The summed E-state index contributed by atoms with van der Waals surface area (Å²) >= 11 is 0. The summed E-state index contributed by atoms with van der Waals surface area (Å²) in [6, 6.07) is 3.18. The van der Waals surface area contributed by atoms with Crippen LogP contribution in [0, 0.1) is 12.7 Å². The van der Waals surface area contributed by atoms with Crippen LogP contribution >= 0.6 is 0 Å². The Morgan fingerprint density at radius 2 is 2.09 bits per heavy atom. The molecule has 0 aliphatic carbocycles. The second-order valence-corrected chi connectivity index (χ2v) is 2.65. The van der Waals surface area contributed by atoms with Gasteiger partial charge in [-0.05, 0) is 36.6 Å². The molecule has 0 unspecified atom stereocenters. The van der Waals surface area contributed by atoms with Gasteiger partial charge in [-0.3, -0.25) is 0 Å². The Balaban J connectivity index is 3.21. The van der Waals surface area contributed by atoms with Gasteiger partial charge >= 0.3 is 0 Å². The summed E-state index contributed by atoms with van der Waals surface area (Å²) < 4.78 is 13.0. The second-order valence-electron chi connectivity index (χ2n) is 2.65. The second kappa shape index (κ2) is 2.91. The highest BCUT2D eigenvalue weighted by Crippen LogP contribution is 2.17. The molecule has 0 spiro atoms. The number of halogens is 1. The number of hydrogen-bond acceptors (Lipinski definition) is 1. The van der Waals surface area contributed by atoms with Crippen molar-refractivity contribution < 1.29 is 4.39 Å². The first-order valence-electron chi connectivity index (χ1n) is 3.69. The number of hydrogen-bond donors (Lipinski definition) is 1. The van der Waals surface area contributed by atoms with E-state index in [0.29, 0.717) is 17.7 Å². The molecule has 1 rings (SSSR count). The van der Waals surface area contributed by atoms with Gasteiger partial charge in [-0.25, -0.2) is 4.39 Å². The van der Waals surface area contributed by atoms with Gasteiger partial charge in [0.2, 0.25) is 0 Å². The highest BCUT2D eigenvalue weighted by molar-refractivity contribution is 5.48. The fourth-order valence-corrected chi connectivity index (χ4v) is 1.01. The predicted octanol–water partition coefficient (Wildman–Crippen LogP) is 2.28. The van der Waals surface area contributed by atoms with Crippen LogP contribution in [0.15, 0.2) is 12.1 Å². The van der Waals surface area contributed by atoms with Crippen LogP contribution in [0.25, 0.3) is 0 Å². The van der Waals surface area contributed by atoms with Gasteiger partial charge in [0.05, 0.1) is 0 Å². The molecule has 0 amide bonds. The maximum Gasteiger partial charge on any atom is 0.126 e. The molecule has 0 aliphatic heterocycles. The Bertz CT molecular complexity index is 269. The monoisotopic (exact) mass is 153 g/mol. The normalized spacial score (nSPS) is 10.1. The van der Waals surface area contributed by atoms with Crippen LogP contribution in [0.2, 0.25) is 0 Å². The summed E-state index contributed by atoms with van der Waals surface area (Å²) in [5.41, 5.74) is 7.76. The van der Waals surface area contributed by atoms with Crippen molar-refractivity contribution in [2.24, 2.45) is 0 Å². The van der Waals surface area contributed by atoms with Crippen LogP contribution in [-0.2, 0) is 6.42 Å². The average molecular weight is 153 g/mol. The molecule has 1 nitrogen and oxygen atoms in total. The van der Waals surface area contributed by atoms with E-state index in [1.54, 1.807) is 13.0 Å². The van der Waals surface area contributed by atoms with E-state index in [9.17, 15) is 4.39 Å². The molecule has 0 aromatic heterocycles. The number of aryl methyl sites for hydroxylation is 2. The quantitative estimate of drug-likeness (QED) is 0.615. The molecular weight excluding hydrogens is 141 g/mol. The lowest BCUT2D eigenvalue weighted by molar-refractivity contribution is 0.611. The smallest absolute Gasteiger partial charge is 0.126 e. The molecule has 2 N–H and O–H groups in total. The fraction of sp³-hybridized carbons (Fsp3) is 0.333. The molecule has 11 heavy (non-hydrogen) atoms. The lowest BCUT2D eigenvalue weighted by Crippen LogP contribution is -1.95. The summed E-state index contributed by atoms with van der Waals surface area (Å²) in [7, 11) is 0. The summed E-state index contributed by atoms with van der Waals surface area (Å²) in [4.78, 5) is 0. The SMILES string of the molecule is CCc1cc(N)c(C)cc1F. The largest absolute Gasteiger partial charge is 0.399 e. The van der Waals surface area contributed by atoms with Gasteiger partial charge in [-0.2, -0.15) is 0 Å². The van der Waals surface area contributed by atoms with Crippen LogP contribution in [0.3, 0.4) is 0 Å². The Morgan fingerprint density at radius 3 is 2.64 bits per heavy atom. The Morgan fingerprint density at radius 1 is 1.45 bits per heavy atom. The van der Waals surface area contributed by atoms with Crippen molar-refractivity contribution in [3.05, 3.63) is 29.1 Å². The minimum absolute atomic E-state index is 0.154. The van der Waals surface area contributed by atoms with Crippen molar-refractivity contribution in [1.29, 1.82) is 0 Å². The van der Waals surface area contributed by atoms with Gasteiger partial charge in [0.1, 0.15) is 5.82 Å². The van der Waals surface area contributed by atoms with Crippen molar-refractivity contribution >= 4 is 5.69 Å². The van der Waals surface area contributed by atoms with E-state index in [0.717, 1.165) is 5.56 Å². The minimum Gasteiger partial charge on any atom is -0.399 e. The standard InChI is InChI=1S/C9H12FN/c1-3-7-5-9(11)6(2)4-8(7)10/h4-5H,3,11H2,1-2H3. The zero-order valence-corrected chi connectivity index (χ0v) is 6.82. The van der Waals surface area contributed by atoms with E-state index in [2.05, 4.69) is 0 Å². The summed E-state index contributed by atoms with van der Waals surface area (Å²) in [6.45, 7) is 3.71. The van der Waals surface area contributed by atoms with Gasteiger partial charge < -0.3 is 5.73 Å². The van der Waals surface area contributed by atoms with Crippen LogP contribution in [0.4, 0.5) is 10.1 Å². The summed E-state index contributed by atoms with van der Waals surface area (Å²) in [6.07, 6.45) is 0.691. The van der Waals surface area contributed by atoms with Crippen molar-refractivity contribution in [1.82, 2.24) is 0 Å². The van der Waals surface area contributed by atoms with E-state index in [4.69, 9.17) is 5.73 Å². The molecule has 0 bridgehead atoms. The Labute approximate surface area is 66.0 Å². The third-order valence-electron chi connectivity index (χ3n) is 1.82. The first-order valence-corrected chi connectivity index (χ1v) is 3.69. The third-order valence-corrected chi connectivity index (χ3v) is 1.82. The number of nitrogen functional groups attached to an aromatic ring is 1. The molecule has 2 heteroatoms. The fourth-order valence-electron chi connectivity index (χ4n) is 1.01.